The second kappa shape index (κ2) is 25.1. The van der Waals surface area contributed by atoms with Gasteiger partial charge in [-0.1, -0.05) is 71.1 Å². The molecule has 65 heavy (non-hydrogen) atoms. The van der Waals surface area contributed by atoms with Crippen LogP contribution < -0.4 is 0 Å². The van der Waals surface area contributed by atoms with E-state index in [-0.39, 0.29) is 54.8 Å². The van der Waals surface area contributed by atoms with Gasteiger partial charge < -0.3 is 43.9 Å². The van der Waals surface area contributed by atoms with Gasteiger partial charge in [0.15, 0.2) is 5.78 Å². The number of methoxy groups -OCH3 is 3. The molecule has 0 spiro atoms. The molecule has 0 radical (unpaired) electrons. The zero-order valence-corrected chi connectivity index (χ0v) is 40.6. The third-order valence-corrected chi connectivity index (χ3v) is 14.5. The fraction of sp³-hybridized carbons (Fsp3) is 0.745. The van der Waals surface area contributed by atoms with Gasteiger partial charge in [-0.05, 0) is 107 Å². The molecular weight excluding hydrogens is 835 g/mol. The van der Waals surface area contributed by atoms with E-state index in [4.69, 9.17) is 23.7 Å². The van der Waals surface area contributed by atoms with Crippen LogP contribution in [-0.2, 0) is 47.7 Å². The topological polar surface area (TPSA) is 195 Å². The SMILES string of the molecule is CO[C@H]1C[C@@H]2CC[C@@H](C)[C@@](O)(O2)C(=O)C(=O)N2CCCCC2C(=O)O[C@H]([C@H](C)C[C@@H]2CCC(O)[C@H](OC)C2)CC(=O)[C@H](C)/C=C(\C)[C@@H](O)[C@@H](OC)C(=O)[C@H](C)C[C@H](C)/C=C/C=C/C=C/1C. The number of ether oxygens (including phenoxy) is 5. The smallest absolute Gasteiger partial charge is 0.329 e. The van der Waals surface area contributed by atoms with Crippen LogP contribution in [0, 0.1) is 35.5 Å². The van der Waals surface area contributed by atoms with Gasteiger partial charge in [-0.2, -0.15) is 0 Å². The molecule has 4 rings (SSSR count). The number of esters is 1. The zero-order chi connectivity index (χ0) is 48.2. The molecule has 1 aliphatic carbocycles. The number of carbonyl (C=O) groups excluding carboxylic acids is 5. The van der Waals surface area contributed by atoms with Gasteiger partial charge in [0.05, 0.1) is 24.4 Å². The van der Waals surface area contributed by atoms with Crippen LogP contribution >= 0.6 is 0 Å². The number of Topliss-reactive ketones (excluding diaryl/α,β-unsaturated/α-hetero) is 3. The highest BCUT2D eigenvalue weighted by Crippen LogP contribution is 2.38. The first-order valence-corrected chi connectivity index (χ1v) is 23.9. The molecule has 14 nitrogen and oxygen atoms in total. The molecule has 1 saturated carbocycles. The second-order valence-electron chi connectivity index (χ2n) is 19.6. The molecule has 14 heteroatoms. The summed E-state index contributed by atoms with van der Waals surface area (Å²) in [6.07, 6.45) is 11.2. The van der Waals surface area contributed by atoms with E-state index in [0.717, 1.165) is 12.0 Å². The van der Waals surface area contributed by atoms with Crippen molar-refractivity contribution in [2.75, 3.05) is 27.9 Å². The number of nitrogens with zero attached hydrogens (tertiary/aromatic N) is 1. The summed E-state index contributed by atoms with van der Waals surface area (Å²) in [4.78, 5) is 71.8. The van der Waals surface area contributed by atoms with E-state index in [1.54, 1.807) is 41.1 Å². The van der Waals surface area contributed by atoms with Crippen LogP contribution in [0.25, 0.3) is 0 Å². The Kier molecular flexibility index (Phi) is 21.0. The van der Waals surface area contributed by atoms with Crippen molar-refractivity contribution in [2.45, 2.75) is 180 Å². The van der Waals surface area contributed by atoms with Crippen molar-refractivity contribution in [3.05, 3.63) is 47.6 Å². The Hall–Kier alpha value is -3.37. The highest BCUT2D eigenvalue weighted by molar-refractivity contribution is 6.39. The number of cyclic esters (lactones) is 1. The van der Waals surface area contributed by atoms with Gasteiger partial charge in [0.1, 0.15) is 30.1 Å². The van der Waals surface area contributed by atoms with Crippen molar-refractivity contribution >= 4 is 29.2 Å². The lowest BCUT2D eigenvalue weighted by Gasteiger charge is -2.42. The van der Waals surface area contributed by atoms with Crippen molar-refractivity contribution in [1.82, 2.24) is 4.90 Å². The number of aliphatic hydroxyl groups is 3. The van der Waals surface area contributed by atoms with Gasteiger partial charge in [-0.3, -0.25) is 19.2 Å². The Morgan fingerprint density at radius 2 is 1.57 bits per heavy atom. The third kappa shape index (κ3) is 14.3. The van der Waals surface area contributed by atoms with Crippen LogP contribution in [0.1, 0.15) is 126 Å². The van der Waals surface area contributed by atoms with E-state index in [9.17, 15) is 39.3 Å². The van der Waals surface area contributed by atoms with Crippen LogP contribution in [-0.4, -0.2) is 132 Å². The standard InChI is InChI=1S/C51H79NO13/c1-30-16-12-11-13-17-31(2)42(61-8)28-38-21-19-36(7)51(60,65-38)48(57)49(58)52-23-15-14-18-39(52)50(59)64-43(33(4)26-37-20-22-40(53)44(27-37)62-9)29-41(54)32(3)25-35(6)46(56)47(63-10)45(55)34(5)24-30/h11-13,16-17,25,30,32-34,36-40,42-44,46-47,53,56,60H,14-15,18-24,26-29H2,1-10H3/b13-11+,16-12+,31-17+,35-25+/t30-,32-,33-,34-,36-,37+,38+,39?,40?,42+,43+,44-,46-,47+,51-/m1/s1. The number of hydrogen-bond acceptors (Lipinski definition) is 13. The highest BCUT2D eigenvalue weighted by atomic mass is 16.6. The Labute approximate surface area is 387 Å². The molecule has 3 aliphatic heterocycles. The minimum atomic E-state index is -2.43. The molecule has 15 atom stereocenters. The third-order valence-electron chi connectivity index (χ3n) is 14.5. The number of fused-ring (bicyclic) bond motifs is 3. The molecule has 0 aromatic heterocycles. The first-order chi connectivity index (χ1) is 30.7. The summed E-state index contributed by atoms with van der Waals surface area (Å²) in [6, 6.07) is -1.14. The summed E-state index contributed by atoms with van der Waals surface area (Å²) in [5.41, 5.74) is 1.27. The summed E-state index contributed by atoms with van der Waals surface area (Å²) in [6.45, 7) is 12.7. The molecule has 1 amide bonds. The monoisotopic (exact) mass is 914 g/mol. The van der Waals surface area contributed by atoms with Crippen LogP contribution in [0.2, 0.25) is 0 Å². The van der Waals surface area contributed by atoms with E-state index >= 15 is 0 Å². The molecule has 2 bridgehead atoms. The van der Waals surface area contributed by atoms with Crippen LogP contribution in [0.15, 0.2) is 47.6 Å². The van der Waals surface area contributed by atoms with Crippen molar-refractivity contribution in [2.24, 2.45) is 35.5 Å². The zero-order valence-electron chi connectivity index (χ0n) is 40.6. The molecule has 3 N–H and O–H groups in total. The maximum Gasteiger partial charge on any atom is 0.329 e. The van der Waals surface area contributed by atoms with E-state index in [1.807, 2.05) is 58.1 Å². The quantitative estimate of drug-likeness (QED) is 0.156. The van der Waals surface area contributed by atoms with E-state index in [0.29, 0.717) is 63.4 Å². The number of carbonyl (C=O) groups is 5. The van der Waals surface area contributed by atoms with Crippen LogP contribution in [0.5, 0.6) is 0 Å². The minimum Gasteiger partial charge on any atom is -0.460 e. The van der Waals surface area contributed by atoms with Crippen molar-refractivity contribution in [1.29, 1.82) is 0 Å². The van der Waals surface area contributed by atoms with Crippen molar-refractivity contribution < 1.29 is 63.0 Å². The summed E-state index contributed by atoms with van der Waals surface area (Å²) in [5.74, 6) is -7.96. The van der Waals surface area contributed by atoms with Crippen molar-refractivity contribution in [3.63, 3.8) is 0 Å². The van der Waals surface area contributed by atoms with Gasteiger partial charge >= 0.3 is 5.97 Å². The largest absolute Gasteiger partial charge is 0.460 e. The molecule has 2 saturated heterocycles. The number of allylic oxidation sites excluding steroid dienone is 6. The molecule has 2 unspecified atom stereocenters. The summed E-state index contributed by atoms with van der Waals surface area (Å²) in [5, 5.41) is 33.8. The van der Waals surface area contributed by atoms with Crippen LogP contribution in [0.3, 0.4) is 0 Å². The van der Waals surface area contributed by atoms with Gasteiger partial charge in [0.2, 0.25) is 5.79 Å². The molecule has 0 aromatic carbocycles. The first kappa shape index (κ1) is 54.2. The molecule has 0 aromatic rings. The lowest BCUT2D eigenvalue weighted by Crippen LogP contribution is -2.61. The number of hydrogen-bond donors (Lipinski definition) is 3. The normalized spacial score (nSPS) is 40.4. The van der Waals surface area contributed by atoms with Gasteiger partial charge in [-0.25, -0.2) is 4.79 Å². The Morgan fingerprint density at radius 1 is 0.846 bits per heavy atom. The van der Waals surface area contributed by atoms with E-state index in [1.165, 1.54) is 12.0 Å². The average Bonchev–Trinajstić information content (AvgIpc) is 3.28. The number of aliphatic hydroxyl groups excluding tert-OH is 2. The molecular formula is C51H79NO13. The maximum atomic E-state index is 14.4. The minimum absolute atomic E-state index is 0.0193. The fourth-order valence-electron chi connectivity index (χ4n) is 10.1. The fourth-order valence-corrected chi connectivity index (χ4v) is 10.1. The predicted molar refractivity (Wildman–Crippen MR) is 245 cm³/mol. The summed E-state index contributed by atoms with van der Waals surface area (Å²) in [7, 11) is 4.52. The number of piperidine rings is 1. The predicted octanol–water partition coefficient (Wildman–Crippen LogP) is 6.18. The summed E-state index contributed by atoms with van der Waals surface area (Å²) >= 11 is 0. The van der Waals surface area contributed by atoms with Gasteiger partial charge in [-0.15, -0.1) is 0 Å². The molecule has 4 aliphatic rings. The summed E-state index contributed by atoms with van der Waals surface area (Å²) < 4.78 is 29.4. The first-order valence-electron chi connectivity index (χ1n) is 23.9. The lowest BCUT2D eigenvalue weighted by molar-refractivity contribution is -0.265. The van der Waals surface area contributed by atoms with E-state index < -0.39 is 83.9 Å². The van der Waals surface area contributed by atoms with Gasteiger partial charge in [0.25, 0.3) is 11.7 Å². The van der Waals surface area contributed by atoms with Gasteiger partial charge in [0, 0.05) is 58.5 Å². The maximum absolute atomic E-state index is 14.4. The number of rotatable bonds is 6. The average molecular weight is 914 g/mol. The number of ketones is 3. The number of amides is 1. The molecule has 366 valence electrons. The Balaban J connectivity index is 1.70. The molecule has 3 heterocycles. The van der Waals surface area contributed by atoms with Crippen LogP contribution in [0.4, 0.5) is 0 Å². The second-order valence-corrected chi connectivity index (χ2v) is 19.6. The lowest BCUT2D eigenvalue weighted by atomic mass is 9.78. The Bertz CT molecular complexity index is 1760. The Morgan fingerprint density at radius 3 is 2.25 bits per heavy atom. The highest BCUT2D eigenvalue weighted by Gasteiger charge is 2.53. The van der Waals surface area contributed by atoms with E-state index in [2.05, 4.69) is 0 Å². The molecule has 3 fully saturated rings. The van der Waals surface area contributed by atoms with Crippen molar-refractivity contribution in [3.8, 4) is 0 Å².